The standard InChI is InChI=1S/C20H18ClF2N3O2/c1-12(2)18-17(11-24-26(18)15-7-3-13(21)4-8-15)19(27)25-14-5-9-16(10-6-14)28-20(22)23/h3-12,20H,1-2H3,(H,25,27). The lowest BCUT2D eigenvalue weighted by Gasteiger charge is -2.13. The Morgan fingerprint density at radius 2 is 1.75 bits per heavy atom. The molecule has 3 rings (SSSR count). The Balaban J connectivity index is 1.84. The minimum Gasteiger partial charge on any atom is -0.435 e. The van der Waals surface area contributed by atoms with Crippen molar-refractivity contribution in [3.8, 4) is 11.4 Å². The molecule has 0 aliphatic heterocycles. The van der Waals surface area contributed by atoms with Crippen molar-refractivity contribution in [2.24, 2.45) is 0 Å². The third-order valence-corrected chi connectivity index (χ3v) is 4.26. The van der Waals surface area contributed by atoms with Crippen LogP contribution in [0.1, 0.15) is 35.8 Å². The predicted molar refractivity (Wildman–Crippen MR) is 104 cm³/mol. The minimum atomic E-state index is -2.90. The number of anilines is 1. The van der Waals surface area contributed by atoms with Crippen LogP contribution in [0.15, 0.2) is 54.7 Å². The number of nitrogens with zero attached hydrogens (tertiary/aromatic N) is 2. The Morgan fingerprint density at radius 3 is 2.32 bits per heavy atom. The summed E-state index contributed by atoms with van der Waals surface area (Å²) in [6.07, 6.45) is 1.51. The van der Waals surface area contributed by atoms with E-state index in [0.29, 0.717) is 16.3 Å². The summed E-state index contributed by atoms with van der Waals surface area (Å²) in [5.74, 6) is -0.293. The van der Waals surface area contributed by atoms with E-state index in [0.717, 1.165) is 11.4 Å². The molecule has 0 bridgehead atoms. The fourth-order valence-corrected chi connectivity index (χ4v) is 2.92. The summed E-state index contributed by atoms with van der Waals surface area (Å²) in [5.41, 5.74) is 2.43. The van der Waals surface area contributed by atoms with Gasteiger partial charge in [0, 0.05) is 10.7 Å². The Bertz CT molecular complexity index is 955. The van der Waals surface area contributed by atoms with Crippen LogP contribution in [0.3, 0.4) is 0 Å². The van der Waals surface area contributed by atoms with Gasteiger partial charge in [0.25, 0.3) is 5.91 Å². The van der Waals surface area contributed by atoms with Crippen molar-refractivity contribution < 1.29 is 18.3 Å². The molecule has 0 radical (unpaired) electrons. The average molecular weight is 406 g/mol. The summed E-state index contributed by atoms with van der Waals surface area (Å²) in [5, 5.41) is 7.72. The number of halogens is 3. The third kappa shape index (κ3) is 4.48. The molecule has 0 unspecified atom stereocenters. The van der Waals surface area contributed by atoms with Gasteiger partial charge in [-0.1, -0.05) is 25.4 Å². The van der Waals surface area contributed by atoms with E-state index in [4.69, 9.17) is 11.6 Å². The summed E-state index contributed by atoms with van der Waals surface area (Å²) in [4.78, 5) is 12.8. The molecule has 0 spiro atoms. The fraction of sp³-hybridized carbons (Fsp3) is 0.200. The SMILES string of the molecule is CC(C)c1c(C(=O)Nc2ccc(OC(F)F)cc2)cnn1-c1ccc(Cl)cc1. The smallest absolute Gasteiger partial charge is 0.387 e. The topological polar surface area (TPSA) is 56.1 Å². The van der Waals surface area contributed by atoms with Gasteiger partial charge in [-0.3, -0.25) is 4.79 Å². The van der Waals surface area contributed by atoms with Crippen molar-refractivity contribution in [2.45, 2.75) is 26.4 Å². The Kier molecular flexibility index (Phi) is 5.94. The highest BCUT2D eigenvalue weighted by molar-refractivity contribution is 6.30. The van der Waals surface area contributed by atoms with Gasteiger partial charge in [0.1, 0.15) is 5.75 Å². The van der Waals surface area contributed by atoms with Crippen molar-refractivity contribution in [3.63, 3.8) is 0 Å². The van der Waals surface area contributed by atoms with Gasteiger partial charge in [-0.05, 0) is 54.4 Å². The maximum Gasteiger partial charge on any atom is 0.387 e. The molecule has 0 fully saturated rings. The van der Waals surface area contributed by atoms with Crippen LogP contribution in [-0.4, -0.2) is 22.3 Å². The molecule has 0 atom stereocenters. The summed E-state index contributed by atoms with van der Waals surface area (Å²) in [7, 11) is 0. The van der Waals surface area contributed by atoms with E-state index in [-0.39, 0.29) is 17.6 Å². The van der Waals surface area contributed by atoms with Gasteiger partial charge < -0.3 is 10.1 Å². The first-order valence-electron chi connectivity index (χ1n) is 8.55. The van der Waals surface area contributed by atoms with Crippen LogP contribution in [0.5, 0.6) is 5.75 Å². The van der Waals surface area contributed by atoms with Crippen LogP contribution in [0, 0.1) is 0 Å². The molecule has 1 N–H and O–H groups in total. The molecular weight excluding hydrogens is 388 g/mol. The summed E-state index contributed by atoms with van der Waals surface area (Å²) in [6, 6.07) is 12.9. The second-order valence-electron chi connectivity index (χ2n) is 6.34. The molecule has 0 aliphatic rings. The van der Waals surface area contributed by atoms with Gasteiger partial charge in [-0.25, -0.2) is 4.68 Å². The fourth-order valence-electron chi connectivity index (χ4n) is 2.79. The number of carbonyl (C=O) groups excluding carboxylic acids is 1. The van der Waals surface area contributed by atoms with E-state index >= 15 is 0 Å². The number of ether oxygens (including phenoxy) is 1. The highest BCUT2D eigenvalue weighted by Crippen LogP contribution is 2.25. The maximum absolute atomic E-state index is 12.8. The number of nitrogens with one attached hydrogen (secondary N) is 1. The zero-order chi connectivity index (χ0) is 20.3. The van der Waals surface area contributed by atoms with Crippen LogP contribution in [0.2, 0.25) is 5.02 Å². The number of hydrogen-bond acceptors (Lipinski definition) is 3. The van der Waals surface area contributed by atoms with Crippen LogP contribution in [0.25, 0.3) is 5.69 Å². The number of benzene rings is 2. The third-order valence-electron chi connectivity index (χ3n) is 4.01. The zero-order valence-corrected chi connectivity index (χ0v) is 16.0. The first-order chi connectivity index (χ1) is 13.3. The van der Waals surface area contributed by atoms with E-state index in [1.165, 1.54) is 30.5 Å². The Morgan fingerprint density at radius 1 is 1.11 bits per heavy atom. The lowest BCUT2D eigenvalue weighted by atomic mass is 10.0. The van der Waals surface area contributed by atoms with Crippen molar-refractivity contribution in [3.05, 3.63) is 71.0 Å². The molecule has 1 aromatic heterocycles. The molecule has 28 heavy (non-hydrogen) atoms. The summed E-state index contributed by atoms with van der Waals surface area (Å²) in [6.45, 7) is 1.04. The van der Waals surface area contributed by atoms with Gasteiger partial charge >= 0.3 is 6.61 Å². The molecule has 0 aliphatic carbocycles. The van der Waals surface area contributed by atoms with E-state index in [2.05, 4.69) is 15.2 Å². The van der Waals surface area contributed by atoms with Crippen LogP contribution < -0.4 is 10.1 Å². The van der Waals surface area contributed by atoms with Crippen LogP contribution in [0.4, 0.5) is 14.5 Å². The Hall–Kier alpha value is -2.93. The predicted octanol–water partition coefficient (Wildman–Crippen LogP) is 5.50. The largest absolute Gasteiger partial charge is 0.435 e. The number of alkyl halides is 2. The van der Waals surface area contributed by atoms with Gasteiger partial charge in [0.2, 0.25) is 0 Å². The quantitative estimate of drug-likeness (QED) is 0.588. The number of amides is 1. The van der Waals surface area contributed by atoms with E-state index < -0.39 is 6.61 Å². The number of aromatic nitrogens is 2. The number of carbonyl (C=O) groups is 1. The summed E-state index contributed by atoms with van der Waals surface area (Å²) >= 11 is 5.94. The first-order valence-corrected chi connectivity index (χ1v) is 8.93. The normalized spacial score (nSPS) is 11.1. The monoisotopic (exact) mass is 405 g/mol. The van der Waals surface area contributed by atoms with Gasteiger partial charge in [0.15, 0.2) is 0 Å². The van der Waals surface area contributed by atoms with Gasteiger partial charge in [-0.15, -0.1) is 0 Å². The number of rotatable bonds is 6. The van der Waals surface area contributed by atoms with Crippen molar-refractivity contribution in [1.82, 2.24) is 9.78 Å². The van der Waals surface area contributed by atoms with Crippen molar-refractivity contribution in [1.29, 1.82) is 0 Å². The zero-order valence-electron chi connectivity index (χ0n) is 15.2. The van der Waals surface area contributed by atoms with Crippen molar-refractivity contribution >= 4 is 23.2 Å². The van der Waals surface area contributed by atoms with E-state index in [1.54, 1.807) is 16.8 Å². The highest BCUT2D eigenvalue weighted by Gasteiger charge is 2.21. The average Bonchev–Trinajstić information content (AvgIpc) is 3.09. The Labute approximate surface area is 165 Å². The maximum atomic E-state index is 12.8. The van der Waals surface area contributed by atoms with Crippen LogP contribution in [-0.2, 0) is 0 Å². The summed E-state index contributed by atoms with van der Waals surface area (Å²) < 4.78 is 30.5. The molecular formula is C20H18ClF2N3O2. The molecule has 1 heterocycles. The van der Waals surface area contributed by atoms with E-state index in [1.807, 2.05) is 26.0 Å². The lowest BCUT2D eigenvalue weighted by molar-refractivity contribution is -0.0498. The van der Waals surface area contributed by atoms with Gasteiger partial charge in [0.05, 0.1) is 23.1 Å². The minimum absolute atomic E-state index is 0.0198. The second-order valence-corrected chi connectivity index (χ2v) is 6.78. The van der Waals surface area contributed by atoms with Gasteiger partial charge in [-0.2, -0.15) is 13.9 Å². The van der Waals surface area contributed by atoms with E-state index in [9.17, 15) is 13.6 Å². The second kappa shape index (κ2) is 8.39. The lowest BCUT2D eigenvalue weighted by Crippen LogP contribution is -2.15. The van der Waals surface area contributed by atoms with Crippen LogP contribution >= 0.6 is 11.6 Å². The molecule has 2 aromatic carbocycles. The molecule has 0 saturated heterocycles. The molecule has 1 amide bonds. The molecule has 5 nitrogen and oxygen atoms in total. The molecule has 3 aromatic rings. The first kappa shape index (κ1) is 19.8. The molecule has 8 heteroatoms. The van der Waals surface area contributed by atoms with Crippen molar-refractivity contribution in [2.75, 3.05) is 5.32 Å². The number of hydrogen-bond donors (Lipinski definition) is 1. The molecule has 0 saturated carbocycles. The molecule has 146 valence electrons. The highest BCUT2D eigenvalue weighted by atomic mass is 35.5.